The lowest BCUT2D eigenvalue weighted by atomic mass is 10.2. The SMILES string of the molecule is CCCS(=O)(=O)NCC(C)CO. The molecule has 0 aromatic carbocycles. The third-order valence-electron chi connectivity index (χ3n) is 1.44. The van der Waals surface area contributed by atoms with Crippen LogP contribution in [0.5, 0.6) is 0 Å². The Kier molecular flexibility index (Phi) is 5.44. The molecule has 0 aromatic rings. The lowest BCUT2D eigenvalue weighted by molar-refractivity contribution is 0.238. The minimum absolute atomic E-state index is 0.00858. The van der Waals surface area contributed by atoms with Crippen molar-refractivity contribution >= 4 is 10.0 Å². The summed E-state index contributed by atoms with van der Waals surface area (Å²) < 4.78 is 24.5. The normalized spacial score (nSPS) is 14.6. The van der Waals surface area contributed by atoms with Crippen LogP contribution in [-0.4, -0.2) is 32.4 Å². The second-order valence-corrected chi connectivity index (χ2v) is 4.88. The van der Waals surface area contributed by atoms with Crippen molar-refractivity contribution in [3.05, 3.63) is 0 Å². The zero-order chi connectivity index (χ0) is 9.61. The zero-order valence-corrected chi connectivity index (χ0v) is 8.39. The first-order chi connectivity index (χ1) is 5.52. The van der Waals surface area contributed by atoms with E-state index in [1.165, 1.54) is 0 Å². The molecule has 1 unspecified atom stereocenters. The summed E-state index contributed by atoms with van der Waals surface area (Å²) in [5.41, 5.74) is 0. The highest BCUT2D eigenvalue weighted by Crippen LogP contribution is 1.93. The fourth-order valence-corrected chi connectivity index (χ4v) is 1.89. The van der Waals surface area contributed by atoms with Crippen LogP contribution >= 0.6 is 0 Å². The first kappa shape index (κ1) is 11.9. The Labute approximate surface area is 74.0 Å². The van der Waals surface area contributed by atoms with Gasteiger partial charge < -0.3 is 5.11 Å². The van der Waals surface area contributed by atoms with E-state index < -0.39 is 10.0 Å². The van der Waals surface area contributed by atoms with E-state index >= 15 is 0 Å². The molecule has 0 heterocycles. The van der Waals surface area contributed by atoms with Crippen LogP contribution in [-0.2, 0) is 10.0 Å². The van der Waals surface area contributed by atoms with Gasteiger partial charge in [0.15, 0.2) is 0 Å². The van der Waals surface area contributed by atoms with Gasteiger partial charge in [-0.05, 0) is 12.3 Å². The first-order valence-electron chi connectivity index (χ1n) is 4.10. The topological polar surface area (TPSA) is 66.4 Å². The predicted molar refractivity (Wildman–Crippen MR) is 48.3 cm³/mol. The predicted octanol–water partition coefficient (Wildman–Crippen LogP) is -0.0558. The molecule has 0 spiro atoms. The number of nitrogens with one attached hydrogen (secondary N) is 1. The average molecular weight is 195 g/mol. The average Bonchev–Trinajstić information content (AvgIpc) is 2.00. The highest BCUT2D eigenvalue weighted by Gasteiger charge is 2.09. The van der Waals surface area contributed by atoms with Crippen LogP contribution < -0.4 is 4.72 Å². The van der Waals surface area contributed by atoms with Crippen molar-refractivity contribution in [1.29, 1.82) is 0 Å². The molecule has 0 fully saturated rings. The summed E-state index contributed by atoms with van der Waals surface area (Å²) in [7, 11) is -3.10. The van der Waals surface area contributed by atoms with Crippen LogP contribution in [0, 0.1) is 5.92 Å². The van der Waals surface area contributed by atoms with Gasteiger partial charge in [-0.25, -0.2) is 13.1 Å². The van der Waals surface area contributed by atoms with Crippen LogP contribution in [0.4, 0.5) is 0 Å². The molecule has 0 aromatic heterocycles. The van der Waals surface area contributed by atoms with E-state index in [1.807, 2.05) is 6.92 Å². The molecule has 0 radical (unpaired) electrons. The molecule has 2 N–H and O–H groups in total. The third kappa shape index (κ3) is 5.51. The maximum absolute atomic E-state index is 11.1. The summed E-state index contributed by atoms with van der Waals surface area (Å²) in [4.78, 5) is 0. The minimum atomic E-state index is -3.10. The summed E-state index contributed by atoms with van der Waals surface area (Å²) in [6, 6.07) is 0. The van der Waals surface area contributed by atoms with Gasteiger partial charge in [0.25, 0.3) is 0 Å². The Morgan fingerprint density at radius 1 is 1.50 bits per heavy atom. The molecule has 0 amide bonds. The lowest BCUT2D eigenvalue weighted by Gasteiger charge is -2.09. The van der Waals surface area contributed by atoms with Crippen molar-refractivity contribution in [3.8, 4) is 0 Å². The molecule has 74 valence electrons. The molecule has 0 aliphatic carbocycles. The van der Waals surface area contributed by atoms with E-state index in [1.54, 1.807) is 6.92 Å². The van der Waals surface area contributed by atoms with E-state index in [0.29, 0.717) is 13.0 Å². The van der Waals surface area contributed by atoms with Crippen molar-refractivity contribution in [2.75, 3.05) is 18.9 Å². The summed E-state index contributed by atoms with van der Waals surface area (Å²) in [6.07, 6.45) is 0.614. The molecule has 0 rings (SSSR count). The Balaban J connectivity index is 3.76. The van der Waals surface area contributed by atoms with E-state index in [4.69, 9.17) is 5.11 Å². The van der Waals surface area contributed by atoms with Crippen molar-refractivity contribution < 1.29 is 13.5 Å². The van der Waals surface area contributed by atoms with Gasteiger partial charge in [0.2, 0.25) is 10.0 Å². The maximum Gasteiger partial charge on any atom is 0.211 e. The Morgan fingerprint density at radius 2 is 2.08 bits per heavy atom. The Morgan fingerprint density at radius 3 is 2.50 bits per heavy atom. The summed E-state index contributed by atoms with van der Waals surface area (Å²) in [5, 5.41) is 8.63. The second-order valence-electron chi connectivity index (χ2n) is 2.96. The van der Waals surface area contributed by atoms with Gasteiger partial charge in [-0.1, -0.05) is 13.8 Å². The molecule has 1 atom stereocenters. The van der Waals surface area contributed by atoms with E-state index in [-0.39, 0.29) is 18.3 Å². The van der Waals surface area contributed by atoms with Gasteiger partial charge in [-0.3, -0.25) is 0 Å². The van der Waals surface area contributed by atoms with Gasteiger partial charge in [0.1, 0.15) is 0 Å². The number of hydrogen-bond acceptors (Lipinski definition) is 3. The van der Waals surface area contributed by atoms with Crippen molar-refractivity contribution in [3.63, 3.8) is 0 Å². The molecule has 4 nitrogen and oxygen atoms in total. The molecular weight excluding hydrogens is 178 g/mol. The highest BCUT2D eigenvalue weighted by molar-refractivity contribution is 7.89. The molecule has 0 aliphatic rings. The van der Waals surface area contributed by atoms with Gasteiger partial charge >= 0.3 is 0 Å². The second kappa shape index (κ2) is 5.50. The van der Waals surface area contributed by atoms with Crippen molar-refractivity contribution in [1.82, 2.24) is 4.72 Å². The standard InChI is InChI=1S/C7H17NO3S/c1-3-4-12(10,11)8-5-7(2)6-9/h7-9H,3-6H2,1-2H3. The molecule has 0 saturated heterocycles. The minimum Gasteiger partial charge on any atom is -0.396 e. The van der Waals surface area contributed by atoms with Crippen LogP contribution in [0.2, 0.25) is 0 Å². The van der Waals surface area contributed by atoms with Gasteiger partial charge in [0, 0.05) is 13.2 Å². The zero-order valence-electron chi connectivity index (χ0n) is 7.58. The molecule has 0 aliphatic heterocycles. The van der Waals surface area contributed by atoms with Gasteiger partial charge in [-0.2, -0.15) is 0 Å². The summed E-state index contributed by atoms with van der Waals surface area (Å²) in [6.45, 7) is 3.93. The molecule has 5 heteroatoms. The van der Waals surface area contributed by atoms with Gasteiger partial charge in [0.05, 0.1) is 5.75 Å². The first-order valence-corrected chi connectivity index (χ1v) is 5.75. The number of sulfonamides is 1. The Hall–Kier alpha value is -0.130. The van der Waals surface area contributed by atoms with E-state index in [0.717, 1.165) is 0 Å². The fraction of sp³-hybridized carbons (Fsp3) is 1.00. The van der Waals surface area contributed by atoms with Crippen molar-refractivity contribution in [2.24, 2.45) is 5.92 Å². The number of aliphatic hydroxyl groups excluding tert-OH is 1. The van der Waals surface area contributed by atoms with E-state index in [2.05, 4.69) is 4.72 Å². The maximum atomic E-state index is 11.1. The third-order valence-corrected chi connectivity index (χ3v) is 2.99. The lowest BCUT2D eigenvalue weighted by Crippen LogP contribution is -2.31. The monoisotopic (exact) mass is 195 g/mol. The van der Waals surface area contributed by atoms with Crippen molar-refractivity contribution in [2.45, 2.75) is 20.3 Å². The number of rotatable bonds is 6. The van der Waals surface area contributed by atoms with Crippen LogP contribution in [0.3, 0.4) is 0 Å². The molecule has 0 bridgehead atoms. The number of hydrogen-bond donors (Lipinski definition) is 2. The fourth-order valence-electron chi connectivity index (χ4n) is 0.675. The van der Waals surface area contributed by atoms with Crippen LogP contribution in [0.15, 0.2) is 0 Å². The van der Waals surface area contributed by atoms with Crippen LogP contribution in [0.25, 0.3) is 0 Å². The largest absolute Gasteiger partial charge is 0.396 e. The Bertz CT molecular complexity index is 201. The van der Waals surface area contributed by atoms with Gasteiger partial charge in [-0.15, -0.1) is 0 Å². The van der Waals surface area contributed by atoms with E-state index in [9.17, 15) is 8.42 Å². The molecular formula is C7H17NO3S. The summed E-state index contributed by atoms with van der Waals surface area (Å²) in [5.74, 6) is 0.141. The highest BCUT2D eigenvalue weighted by atomic mass is 32.2. The molecule has 0 saturated carbocycles. The number of aliphatic hydroxyl groups is 1. The van der Waals surface area contributed by atoms with Crippen LogP contribution in [0.1, 0.15) is 20.3 Å². The quantitative estimate of drug-likeness (QED) is 0.624. The molecule has 12 heavy (non-hydrogen) atoms. The smallest absolute Gasteiger partial charge is 0.211 e. The summed E-state index contributed by atoms with van der Waals surface area (Å²) >= 11 is 0.